The zero-order valence-corrected chi connectivity index (χ0v) is 11.4. The molecule has 5 heteroatoms. The fourth-order valence-corrected chi connectivity index (χ4v) is 2.55. The molecule has 0 saturated heterocycles. The smallest absolute Gasteiger partial charge is 0.129 e. The van der Waals surface area contributed by atoms with Crippen LogP contribution in [0.3, 0.4) is 0 Å². The Balaban J connectivity index is 2.03. The number of rotatable bonds is 4. The molecule has 19 heavy (non-hydrogen) atoms. The van der Waals surface area contributed by atoms with Gasteiger partial charge in [-0.1, -0.05) is 11.6 Å². The van der Waals surface area contributed by atoms with Crippen molar-refractivity contribution in [2.45, 2.75) is 11.0 Å². The second-order valence-electron chi connectivity index (χ2n) is 3.95. The second-order valence-corrected chi connectivity index (χ2v) is 5.48. The molecular formula is C14H11ClF2OS. The number of hydrogen-bond acceptors (Lipinski definition) is 2. The van der Waals surface area contributed by atoms with Gasteiger partial charge >= 0.3 is 0 Å². The topological polar surface area (TPSA) is 20.2 Å². The third-order valence-electron chi connectivity index (χ3n) is 2.54. The van der Waals surface area contributed by atoms with Gasteiger partial charge in [-0.25, -0.2) is 8.78 Å². The first-order valence-electron chi connectivity index (χ1n) is 5.57. The summed E-state index contributed by atoms with van der Waals surface area (Å²) in [6, 6.07) is 10.1. The molecule has 0 fully saturated rings. The Morgan fingerprint density at radius 3 is 2.47 bits per heavy atom. The number of benzene rings is 2. The molecule has 0 amide bonds. The van der Waals surface area contributed by atoms with Gasteiger partial charge in [0.25, 0.3) is 0 Å². The first-order valence-corrected chi connectivity index (χ1v) is 6.94. The summed E-state index contributed by atoms with van der Waals surface area (Å²) in [4.78, 5) is 0.903. The third-order valence-corrected chi connectivity index (χ3v) is 3.88. The summed E-state index contributed by atoms with van der Waals surface area (Å²) in [7, 11) is 0. The molecule has 0 aliphatic rings. The van der Waals surface area contributed by atoms with E-state index in [2.05, 4.69) is 0 Å². The van der Waals surface area contributed by atoms with Crippen molar-refractivity contribution in [3.05, 3.63) is 64.7 Å². The van der Waals surface area contributed by atoms with Crippen LogP contribution in [0.1, 0.15) is 11.7 Å². The molecule has 2 rings (SSSR count). The largest absolute Gasteiger partial charge is 0.387 e. The molecule has 1 unspecified atom stereocenters. The Bertz CT molecular complexity index is 560. The van der Waals surface area contributed by atoms with Crippen molar-refractivity contribution in [1.82, 2.24) is 0 Å². The highest BCUT2D eigenvalue weighted by Gasteiger charge is 2.14. The lowest BCUT2D eigenvalue weighted by molar-refractivity contribution is 0.198. The highest BCUT2D eigenvalue weighted by atomic mass is 35.5. The van der Waals surface area contributed by atoms with E-state index in [1.165, 1.54) is 11.8 Å². The summed E-state index contributed by atoms with van der Waals surface area (Å²) in [5, 5.41) is 10.5. The zero-order chi connectivity index (χ0) is 13.8. The van der Waals surface area contributed by atoms with Crippen molar-refractivity contribution in [1.29, 1.82) is 0 Å². The van der Waals surface area contributed by atoms with Gasteiger partial charge in [-0.2, -0.15) is 0 Å². The van der Waals surface area contributed by atoms with Gasteiger partial charge in [0.2, 0.25) is 0 Å². The van der Waals surface area contributed by atoms with Crippen molar-refractivity contribution < 1.29 is 13.9 Å². The van der Waals surface area contributed by atoms with Crippen LogP contribution in [0.5, 0.6) is 0 Å². The minimum absolute atomic E-state index is 0.0264. The fourth-order valence-electron chi connectivity index (χ4n) is 1.57. The lowest BCUT2D eigenvalue weighted by Gasteiger charge is -2.11. The first-order chi connectivity index (χ1) is 9.06. The molecule has 0 aromatic heterocycles. The number of aliphatic hydroxyl groups excluding tert-OH is 1. The second kappa shape index (κ2) is 6.37. The van der Waals surface area contributed by atoms with E-state index < -0.39 is 17.7 Å². The maximum atomic E-state index is 13.4. The number of thioether (sulfide) groups is 1. The van der Waals surface area contributed by atoms with E-state index in [0.29, 0.717) is 5.02 Å². The van der Waals surface area contributed by atoms with Crippen LogP contribution in [0.25, 0.3) is 0 Å². The van der Waals surface area contributed by atoms with Crippen molar-refractivity contribution >= 4 is 23.4 Å². The van der Waals surface area contributed by atoms with Crippen LogP contribution in [0.2, 0.25) is 5.02 Å². The molecule has 0 aliphatic carbocycles. The fraction of sp³-hybridized carbons (Fsp3) is 0.143. The molecule has 0 bridgehead atoms. The average molecular weight is 301 g/mol. The van der Waals surface area contributed by atoms with Crippen LogP contribution in [0.15, 0.2) is 47.4 Å². The molecule has 0 aliphatic heterocycles. The lowest BCUT2D eigenvalue weighted by atomic mass is 10.1. The summed E-state index contributed by atoms with van der Waals surface area (Å²) in [6.07, 6.45) is -1.06. The normalized spacial score (nSPS) is 12.4. The Hall–Kier alpha value is -1.10. The maximum absolute atomic E-state index is 13.4. The van der Waals surface area contributed by atoms with Gasteiger partial charge in [0.15, 0.2) is 0 Å². The summed E-state index contributed by atoms with van der Waals surface area (Å²) in [5.41, 5.74) is -0.0264. The van der Waals surface area contributed by atoms with Crippen LogP contribution in [-0.2, 0) is 0 Å². The highest BCUT2D eigenvalue weighted by Crippen LogP contribution is 2.27. The summed E-state index contributed by atoms with van der Waals surface area (Å²) >= 11 is 7.11. The van der Waals surface area contributed by atoms with Crippen LogP contribution in [0, 0.1) is 11.6 Å². The minimum Gasteiger partial charge on any atom is -0.387 e. The van der Waals surface area contributed by atoms with E-state index in [9.17, 15) is 13.9 Å². The Morgan fingerprint density at radius 2 is 1.79 bits per heavy atom. The Labute approximate surface area is 119 Å². The summed E-state index contributed by atoms with van der Waals surface area (Å²) in [6.45, 7) is 0. The van der Waals surface area contributed by atoms with E-state index in [1.54, 1.807) is 12.1 Å². The molecule has 1 nitrogen and oxygen atoms in total. The van der Waals surface area contributed by atoms with Crippen molar-refractivity contribution in [2.24, 2.45) is 0 Å². The van der Waals surface area contributed by atoms with Gasteiger partial charge in [0, 0.05) is 21.2 Å². The first kappa shape index (κ1) is 14.3. The molecule has 0 heterocycles. The van der Waals surface area contributed by atoms with E-state index in [1.807, 2.05) is 12.1 Å². The molecule has 1 N–H and O–H groups in total. The van der Waals surface area contributed by atoms with Gasteiger partial charge in [-0.15, -0.1) is 11.8 Å². The van der Waals surface area contributed by atoms with Crippen molar-refractivity contribution in [3.63, 3.8) is 0 Å². The number of halogens is 3. The van der Waals surface area contributed by atoms with Gasteiger partial charge in [-0.05, 0) is 42.5 Å². The van der Waals surface area contributed by atoms with Gasteiger partial charge in [0.05, 0.1) is 6.10 Å². The van der Waals surface area contributed by atoms with Crippen LogP contribution < -0.4 is 0 Å². The molecule has 2 aromatic rings. The highest BCUT2D eigenvalue weighted by molar-refractivity contribution is 7.99. The third kappa shape index (κ3) is 3.93. The molecule has 0 radical (unpaired) electrons. The van der Waals surface area contributed by atoms with E-state index in [-0.39, 0.29) is 11.3 Å². The molecule has 2 aromatic carbocycles. The van der Waals surface area contributed by atoms with E-state index in [0.717, 1.165) is 23.1 Å². The summed E-state index contributed by atoms with van der Waals surface area (Å²) < 4.78 is 26.5. The molecule has 0 spiro atoms. The Kier molecular flexibility index (Phi) is 4.80. The number of aliphatic hydroxyl groups is 1. The van der Waals surface area contributed by atoms with E-state index >= 15 is 0 Å². The maximum Gasteiger partial charge on any atom is 0.129 e. The van der Waals surface area contributed by atoms with Crippen LogP contribution in [-0.4, -0.2) is 10.9 Å². The average Bonchev–Trinajstić information content (AvgIpc) is 2.40. The molecule has 100 valence electrons. The van der Waals surface area contributed by atoms with Crippen molar-refractivity contribution in [2.75, 3.05) is 5.75 Å². The van der Waals surface area contributed by atoms with Gasteiger partial charge < -0.3 is 5.11 Å². The summed E-state index contributed by atoms with van der Waals surface area (Å²) in [5.74, 6) is -0.931. The predicted molar refractivity (Wildman–Crippen MR) is 73.5 cm³/mol. The Morgan fingerprint density at radius 1 is 1.11 bits per heavy atom. The standard InChI is InChI=1S/C14H11ClF2OS/c15-9-1-4-11(5-2-9)19-8-14(18)12-7-10(16)3-6-13(12)17/h1-7,14,18H,8H2. The number of hydrogen-bond donors (Lipinski definition) is 1. The zero-order valence-electron chi connectivity index (χ0n) is 9.82. The van der Waals surface area contributed by atoms with Gasteiger partial charge in [-0.3, -0.25) is 0 Å². The SMILES string of the molecule is OC(CSc1ccc(Cl)cc1)c1cc(F)ccc1F. The quantitative estimate of drug-likeness (QED) is 0.842. The lowest BCUT2D eigenvalue weighted by Crippen LogP contribution is -2.04. The van der Waals surface area contributed by atoms with Crippen LogP contribution >= 0.6 is 23.4 Å². The molecule has 0 saturated carbocycles. The van der Waals surface area contributed by atoms with Gasteiger partial charge in [0.1, 0.15) is 11.6 Å². The van der Waals surface area contributed by atoms with E-state index in [4.69, 9.17) is 11.6 Å². The monoisotopic (exact) mass is 300 g/mol. The molecular weight excluding hydrogens is 290 g/mol. The van der Waals surface area contributed by atoms with Crippen LogP contribution in [0.4, 0.5) is 8.78 Å². The van der Waals surface area contributed by atoms with Crippen molar-refractivity contribution in [3.8, 4) is 0 Å². The minimum atomic E-state index is -1.06. The predicted octanol–water partition coefficient (Wildman–Crippen LogP) is 4.44. The molecule has 1 atom stereocenters.